The van der Waals surface area contributed by atoms with E-state index in [0.717, 1.165) is 65.7 Å². The minimum atomic E-state index is -0.902. The van der Waals surface area contributed by atoms with Crippen LogP contribution in [0.1, 0.15) is 86.6 Å². The van der Waals surface area contributed by atoms with Crippen LogP contribution in [0.4, 0.5) is 0 Å². The van der Waals surface area contributed by atoms with E-state index < -0.39 is 12.2 Å². The second kappa shape index (κ2) is 15.3. The molecule has 48 heavy (non-hydrogen) atoms. The Morgan fingerprint density at radius 1 is 0.958 bits per heavy atom. The lowest BCUT2D eigenvalue weighted by Gasteiger charge is -2.41. The third-order valence-corrected chi connectivity index (χ3v) is 12.4. The molecule has 0 spiro atoms. The largest absolute Gasteiger partial charge is 0.508 e. The number of fused-ring (bicyclic) bond motifs is 4. The van der Waals surface area contributed by atoms with Crippen LogP contribution in [0.3, 0.4) is 0 Å². The first-order valence-electron chi connectivity index (χ1n) is 17.1. The van der Waals surface area contributed by atoms with E-state index in [-0.39, 0.29) is 42.3 Å². The van der Waals surface area contributed by atoms with Crippen LogP contribution >= 0.6 is 21.6 Å². The fraction of sp³-hybridized carbons (Fsp3) is 0.526. The third kappa shape index (κ3) is 7.18. The fourth-order valence-electron chi connectivity index (χ4n) is 7.24. The van der Waals surface area contributed by atoms with Crippen molar-refractivity contribution in [1.82, 2.24) is 0 Å². The van der Waals surface area contributed by atoms with E-state index in [2.05, 4.69) is 20.8 Å². The maximum atomic E-state index is 12.3. The molecule has 0 saturated heterocycles. The van der Waals surface area contributed by atoms with Crippen molar-refractivity contribution in [2.45, 2.75) is 76.9 Å². The molecule has 5 atom stereocenters. The number of aromatic hydroxyl groups is 2. The Balaban J connectivity index is 1.50. The minimum Gasteiger partial charge on any atom is -0.508 e. The van der Waals surface area contributed by atoms with Gasteiger partial charge in [0.1, 0.15) is 30.0 Å². The van der Waals surface area contributed by atoms with E-state index in [4.69, 9.17) is 18.9 Å². The zero-order valence-electron chi connectivity index (χ0n) is 28.2. The number of ether oxygens (including phenoxy) is 4. The van der Waals surface area contributed by atoms with Crippen LogP contribution in [0.5, 0.6) is 34.5 Å². The number of aliphatic hydroxyl groups is 2. The van der Waals surface area contributed by atoms with Crippen molar-refractivity contribution in [3.05, 3.63) is 58.7 Å². The Hall–Kier alpha value is -2.92. The van der Waals surface area contributed by atoms with Gasteiger partial charge in [0.15, 0.2) is 17.6 Å². The molecule has 3 aromatic carbocycles. The molecular weight excluding hydrogens is 649 g/mol. The van der Waals surface area contributed by atoms with E-state index >= 15 is 0 Å². The Kier molecular flexibility index (Phi) is 11.1. The SMILES string of the molecule is COc1cc(C2Oc3cc(OCCO)c4c5c3C(CSSCCC(C)CCC(C5)c3cc(O)ccc3-4)C2O)cc(OCCC(C)C)c1O. The van der Waals surface area contributed by atoms with Gasteiger partial charge in [-0.15, -0.1) is 0 Å². The van der Waals surface area contributed by atoms with Gasteiger partial charge in [-0.2, -0.15) is 0 Å². The van der Waals surface area contributed by atoms with Gasteiger partial charge >= 0.3 is 0 Å². The van der Waals surface area contributed by atoms with Gasteiger partial charge in [-0.05, 0) is 84.4 Å². The van der Waals surface area contributed by atoms with Crippen molar-refractivity contribution in [2.24, 2.45) is 11.8 Å². The summed E-state index contributed by atoms with van der Waals surface area (Å²) in [5.41, 5.74) is 5.81. The molecule has 2 heterocycles. The van der Waals surface area contributed by atoms with Crippen LogP contribution in [-0.4, -0.2) is 65.0 Å². The fourth-order valence-corrected chi connectivity index (χ4v) is 9.84. The molecule has 0 aromatic heterocycles. The van der Waals surface area contributed by atoms with Gasteiger partial charge in [0.25, 0.3) is 0 Å². The summed E-state index contributed by atoms with van der Waals surface area (Å²) in [5, 5.41) is 43.5. The van der Waals surface area contributed by atoms with Gasteiger partial charge < -0.3 is 39.4 Å². The number of rotatable bonds is 9. The van der Waals surface area contributed by atoms with Gasteiger partial charge in [0.2, 0.25) is 5.75 Å². The first kappa shape index (κ1) is 34.9. The maximum absolute atomic E-state index is 12.3. The second-order valence-electron chi connectivity index (χ2n) is 13.7. The lowest BCUT2D eigenvalue weighted by molar-refractivity contribution is 0.00412. The number of phenols is 2. The molecule has 8 nitrogen and oxygen atoms in total. The molecule has 6 rings (SSSR count). The predicted molar refractivity (Wildman–Crippen MR) is 192 cm³/mol. The van der Waals surface area contributed by atoms with E-state index in [1.165, 1.54) is 7.11 Å². The molecule has 2 aliphatic heterocycles. The van der Waals surface area contributed by atoms with E-state index in [1.807, 2.05) is 29.0 Å². The summed E-state index contributed by atoms with van der Waals surface area (Å²) in [5.74, 6) is 4.59. The number of hydrogen-bond acceptors (Lipinski definition) is 10. The molecule has 0 saturated carbocycles. The summed E-state index contributed by atoms with van der Waals surface area (Å²) < 4.78 is 24.6. The van der Waals surface area contributed by atoms with Gasteiger partial charge in [0.05, 0.1) is 20.3 Å². The normalized spacial score (nSPS) is 23.6. The summed E-state index contributed by atoms with van der Waals surface area (Å²) in [6, 6.07) is 11.0. The molecule has 10 heteroatoms. The monoisotopic (exact) mass is 696 g/mol. The second-order valence-corrected chi connectivity index (χ2v) is 16.3. The van der Waals surface area contributed by atoms with E-state index in [9.17, 15) is 20.4 Å². The Labute approximate surface area is 291 Å². The van der Waals surface area contributed by atoms with Gasteiger partial charge in [-0.25, -0.2) is 0 Å². The molecule has 0 fully saturated rings. The Bertz CT molecular complexity index is 1590. The van der Waals surface area contributed by atoms with Crippen molar-refractivity contribution in [3.8, 4) is 45.6 Å². The zero-order valence-corrected chi connectivity index (χ0v) is 29.9. The van der Waals surface area contributed by atoms with Gasteiger partial charge in [0, 0.05) is 40.2 Å². The number of phenolic OH excluding ortho intramolecular Hbond substituents is 2. The molecule has 5 unspecified atom stereocenters. The van der Waals surface area contributed by atoms with Gasteiger partial charge in [-0.3, -0.25) is 0 Å². The third-order valence-electron chi connectivity index (χ3n) is 9.89. The van der Waals surface area contributed by atoms with Crippen LogP contribution in [-0.2, 0) is 6.42 Å². The minimum absolute atomic E-state index is 0.0801. The van der Waals surface area contributed by atoms with Gasteiger partial charge in [-0.1, -0.05) is 54.8 Å². The highest BCUT2D eigenvalue weighted by molar-refractivity contribution is 8.76. The first-order chi connectivity index (χ1) is 23.2. The van der Waals surface area contributed by atoms with Crippen LogP contribution in [0.25, 0.3) is 11.1 Å². The summed E-state index contributed by atoms with van der Waals surface area (Å²) in [6.45, 7) is 6.97. The number of benzene rings is 3. The van der Waals surface area contributed by atoms with Crippen molar-refractivity contribution in [2.75, 3.05) is 38.4 Å². The summed E-state index contributed by atoms with van der Waals surface area (Å²) in [6.07, 6.45) is 3.06. The van der Waals surface area contributed by atoms with Crippen molar-refractivity contribution < 1.29 is 39.4 Å². The highest BCUT2D eigenvalue weighted by atomic mass is 33.1. The zero-order chi connectivity index (χ0) is 33.9. The Morgan fingerprint density at radius 3 is 2.52 bits per heavy atom. The van der Waals surface area contributed by atoms with Crippen molar-refractivity contribution in [3.63, 3.8) is 0 Å². The number of methoxy groups -OCH3 is 1. The predicted octanol–water partition coefficient (Wildman–Crippen LogP) is 7.99. The molecule has 4 N–H and O–H groups in total. The summed E-state index contributed by atoms with van der Waals surface area (Å²) >= 11 is 0. The smallest absolute Gasteiger partial charge is 0.200 e. The molecule has 3 aliphatic rings. The lowest BCUT2D eigenvalue weighted by Crippen LogP contribution is -2.37. The highest BCUT2D eigenvalue weighted by Crippen LogP contribution is 2.56. The number of hydrogen-bond donors (Lipinski definition) is 4. The average Bonchev–Trinajstić information content (AvgIpc) is 3.07. The average molecular weight is 697 g/mol. The van der Waals surface area contributed by atoms with Crippen LogP contribution in [0, 0.1) is 11.8 Å². The van der Waals surface area contributed by atoms with Crippen molar-refractivity contribution >= 4 is 21.6 Å². The summed E-state index contributed by atoms with van der Waals surface area (Å²) in [4.78, 5) is 0. The molecule has 2 bridgehead atoms. The van der Waals surface area contributed by atoms with Crippen LogP contribution in [0.2, 0.25) is 0 Å². The van der Waals surface area contributed by atoms with E-state index in [0.29, 0.717) is 47.0 Å². The molecule has 0 amide bonds. The van der Waals surface area contributed by atoms with Crippen LogP contribution < -0.4 is 18.9 Å². The van der Waals surface area contributed by atoms with Crippen LogP contribution in [0.15, 0.2) is 36.4 Å². The Morgan fingerprint density at radius 2 is 1.75 bits per heavy atom. The number of aliphatic hydroxyl groups excluding tert-OH is 2. The quantitative estimate of drug-likeness (QED) is 0.164. The first-order valence-corrected chi connectivity index (χ1v) is 19.6. The molecule has 0 radical (unpaired) electrons. The molecule has 3 aromatic rings. The topological polar surface area (TPSA) is 118 Å². The molecule has 260 valence electrons. The highest BCUT2D eigenvalue weighted by Gasteiger charge is 2.43. The lowest BCUT2D eigenvalue weighted by atomic mass is 9.71. The summed E-state index contributed by atoms with van der Waals surface area (Å²) in [7, 11) is 5.14. The standard InChI is InChI=1S/C38H48O8S2/c1-21(2)9-12-44-33-17-24(16-32(43-4)37(33)42)38-36(41)29-20-48-47-14-10-22(3)5-6-23-15-28-34(26-8-7-25(40)18-27(23)26)30(45-13-11-39)19-31(46-38)35(28)29/h7-8,16-19,21-23,29,36,38-42H,5-6,9-15,20H2,1-4H3. The molecule has 1 aliphatic carbocycles. The maximum Gasteiger partial charge on any atom is 0.200 e. The van der Waals surface area contributed by atoms with E-state index in [1.54, 1.807) is 29.0 Å². The molecular formula is C38H48O8S2. The van der Waals surface area contributed by atoms with Crippen molar-refractivity contribution in [1.29, 1.82) is 0 Å².